The maximum Gasteiger partial charge on any atom is 0.255 e. The highest BCUT2D eigenvalue weighted by molar-refractivity contribution is 6.08. The maximum atomic E-state index is 12.8. The molecule has 3 aromatic carbocycles. The molecule has 8 nitrogen and oxygen atoms in total. The molecule has 5 aromatic rings. The molecule has 3 amide bonds. The average molecular weight is 544 g/mol. The molecule has 0 bridgehead atoms. The molecule has 41 heavy (non-hydrogen) atoms. The molecule has 0 aliphatic rings. The van der Waals surface area contributed by atoms with E-state index >= 15 is 0 Å². The Kier molecular flexibility index (Phi) is 7.92. The van der Waals surface area contributed by atoms with Gasteiger partial charge in [0, 0.05) is 45.8 Å². The van der Waals surface area contributed by atoms with Crippen LogP contribution in [0.4, 0.5) is 17.1 Å². The Balaban J connectivity index is 1.16. The van der Waals surface area contributed by atoms with Crippen LogP contribution in [0.3, 0.4) is 0 Å². The molecule has 8 heteroatoms. The fraction of sp³-hybridized carbons (Fsp3) is 0.0606. The minimum absolute atomic E-state index is 0.246. The monoisotopic (exact) mass is 543 g/mol. The zero-order chi connectivity index (χ0) is 28.8. The molecule has 0 fully saturated rings. The molecule has 0 atom stereocenters. The molecule has 202 valence electrons. The Labute approximate surface area is 237 Å². The minimum atomic E-state index is -0.323. The number of carbonyl (C=O) groups is 3. The van der Waals surface area contributed by atoms with Crippen molar-refractivity contribution in [1.82, 2.24) is 0 Å². The number of nitrogens with zero attached hydrogens (tertiary/aromatic N) is 2. The van der Waals surface area contributed by atoms with E-state index in [1.807, 2.05) is 96.5 Å². The van der Waals surface area contributed by atoms with Crippen molar-refractivity contribution in [1.29, 1.82) is 0 Å². The molecular weight excluding hydrogens is 514 g/mol. The lowest BCUT2D eigenvalue weighted by molar-refractivity contribution is -0.671. The molecule has 0 spiro atoms. The van der Waals surface area contributed by atoms with Gasteiger partial charge in [-0.25, -0.2) is 9.13 Å². The van der Waals surface area contributed by atoms with Crippen LogP contribution in [0, 0.1) is 0 Å². The van der Waals surface area contributed by atoms with Crippen molar-refractivity contribution in [2.45, 2.75) is 0 Å². The molecule has 0 radical (unpaired) electrons. The number of pyridine rings is 2. The Morgan fingerprint density at radius 1 is 0.463 bits per heavy atom. The highest BCUT2D eigenvalue weighted by Crippen LogP contribution is 2.21. The van der Waals surface area contributed by atoms with Crippen LogP contribution in [-0.2, 0) is 14.1 Å². The van der Waals surface area contributed by atoms with Crippen LogP contribution >= 0.6 is 0 Å². The number of nitrogens with one attached hydrogen (secondary N) is 3. The molecule has 2 aromatic heterocycles. The maximum absolute atomic E-state index is 12.8. The fourth-order valence-electron chi connectivity index (χ4n) is 4.25. The largest absolute Gasteiger partial charge is 0.322 e. The van der Waals surface area contributed by atoms with E-state index in [0.29, 0.717) is 33.8 Å². The summed E-state index contributed by atoms with van der Waals surface area (Å²) in [6.45, 7) is 0. The molecule has 0 aliphatic heterocycles. The third kappa shape index (κ3) is 6.88. The van der Waals surface area contributed by atoms with Crippen molar-refractivity contribution in [3.63, 3.8) is 0 Å². The van der Waals surface area contributed by atoms with Crippen LogP contribution < -0.4 is 25.1 Å². The third-order valence-corrected chi connectivity index (χ3v) is 6.43. The number of carbonyl (C=O) groups excluding carboxylic acids is 3. The van der Waals surface area contributed by atoms with Gasteiger partial charge in [0.2, 0.25) is 0 Å². The van der Waals surface area contributed by atoms with Crippen molar-refractivity contribution < 1.29 is 23.5 Å². The minimum Gasteiger partial charge on any atom is -0.322 e. The van der Waals surface area contributed by atoms with Crippen molar-refractivity contribution in [3.8, 4) is 11.1 Å². The summed E-state index contributed by atoms with van der Waals surface area (Å²) in [5.74, 6) is -0.839. The molecule has 2 heterocycles. The van der Waals surface area contributed by atoms with Gasteiger partial charge in [0.15, 0.2) is 24.8 Å². The topological polar surface area (TPSA) is 95.1 Å². The lowest BCUT2D eigenvalue weighted by atomic mass is 10.1. The van der Waals surface area contributed by atoms with Gasteiger partial charge in [-0.05, 0) is 78.4 Å². The van der Waals surface area contributed by atoms with Crippen molar-refractivity contribution in [3.05, 3.63) is 139 Å². The van der Waals surface area contributed by atoms with Gasteiger partial charge >= 0.3 is 0 Å². The Hall–Kier alpha value is -5.63. The highest BCUT2D eigenvalue weighted by atomic mass is 16.2. The lowest BCUT2D eigenvalue weighted by Gasteiger charge is -2.09. The van der Waals surface area contributed by atoms with Gasteiger partial charge in [0.1, 0.15) is 19.8 Å². The number of aromatic nitrogens is 2. The lowest BCUT2D eigenvalue weighted by Crippen LogP contribution is -2.27. The molecule has 0 aliphatic carbocycles. The van der Waals surface area contributed by atoms with Gasteiger partial charge in [-0.3, -0.25) is 14.4 Å². The highest BCUT2D eigenvalue weighted by Gasteiger charge is 2.12. The van der Waals surface area contributed by atoms with Gasteiger partial charge in [-0.2, -0.15) is 0 Å². The van der Waals surface area contributed by atoms with Crippen molar-refractivity contribution in [2.75, 3.05) is 16.0 Å². The van der Waals surface area contributed by atoms with Crippen LogP contribution in [0.1, 0.15) is 31.1 Å². The molecule has 0 unspecified atom stereocenters. The molecule has 3 N–H and O–H groups in total. The van der Waals surface area contributed by atoms with Crippen molar-refractivity contribution >= 4 is 34.8 Å². The summed E-state index contributed by atoms with van der Waals surface area (Å²) < 4.78 is 3.83. The molecular formula is C33H29N5O3+2. The van der Waals surface area contributed by atoms with Crippen molar-refractivity contribution in [2.24, 2.45) is 14.1 Å². The van der Waals surface area contributed by atoms with Crippen LogP contribution in [-0.4, -0.2) is 17.7 Å². The third-order valence-electron chi connectivity index (χ3n) is 6.43. The average Bonchev–Trinajstić information content (AvgIpc) is 2.98. The summed E-state index contributed by atoms with van der Waals surface area (Å²) in [6, 6.07) is 28.4. The quantitative estimate of drug-likeness (QED) is 0.258. The number of anilines is 3. The van der Waals surface area contributed by atoms with Gasteiger partial charge in [0.25, 0.3) is 17.7 Å². The first-order valence-corrected chi connectivity index (χ1v) is 13.0. The van der Waals surface area contributed by atoms with Crippen LogP contribution in [0.15, 0.2) is 122 Å². The zero-order valence-corrected chi connectivity index (χ0v) is 22.7. The predicted octanol–water partition coefficient (Wildman–Crippen LogP) is 4.76. The van der Waals surface area contributed by atoms with Gasteiger partial charge in [-0.15, -0.1) is 0 Å². The van der Waals surface area contributed by atoms with E-state index in [4.69, 9.17) is 0 Å². The second kappa shape index (κ2) is 12.0. The normalized spacial score (nSPS) is 10.5. The van der Waals surface area contributed by atoms with E-state index in [0.717, 1.165) is 11.1 Å². The summed E-state index contributed by atoms with van der Waals surface area (Å²) >= 11 is 0. The van der Waals surface area contributed by atoms with Gasteiger partial charge in [0.05, 0.1) is 0 Å². The number of amides is 3. The van der Waals surface area contributed by atoms with E-state index < -0.39 is 0 Å². The fourth-order valence-corrected chi connectivity index (χ4v) is 4.25. The van der Waals surface area contributed by atoms with Crippen LogP contribution in [0.2, 0.25) is 0 Å². The number of hydrogen-bond acceptors (Lipinski definition) is 3. The molecule has 5 rings (SSSR count). The summed E-state index contributed by atoms with van der Waals surface area (Å²) in [7, 11) is 3.85. The number of hydrogen-bond donors (Lipinski definition) is 3. The second-order valence-corrected chi connectivity index (χ2v) is 9.61. The predicted molar refractivity (Wildman–Crippen MR) is 157 cm³/mol. The van der Waals surface area contributed by atoms with E-state index in [-0.39, 0.29) is 17.7 Å². The van der Waals surface area contributed by atoms with E-state index in [1.54, 1.807) is 48.5 Å². The Bertz CT molecular complexity index is 1710. The summed E-state index contributed by atoms with van der Waals surface area (Å²) in [5, 5.41) is 8.55. The standard InChI is InChI=1S/C33H27N5O3/c1-37-19-3-5-27(21-37)23-11-15-28(16-12-23)34-31(39)24-7-9-25(10-8-24)32(40)35-29-17-13-26(14-18-29)33(41)36-30-6-4-20-38(2)22-30/h3-22H,1-2H3,(H-2,34,35,36,39,40,41)/p+2. The molecule has 0 saturated heterocycles. The number of rotatable bonds is 7. The summed E-state index contributed by atoms with van der Waals surface area (Å²) in [5.41, 5.74) is 5.35. The Morgan fingerprint density at radius 2 is 0.878 bits per heavy atom. The SMILES string of the molecule is C[n+]1cccc(NC(=O)c2ccc(NC(=O)c3ccc(C(=O)Nc4ccc(-c5ccc[n+](C)c5)cc4)cc3)cc2)c1. The van der Waals surface area contributed by atoms with E-state index in [9.17, 15) is 14.4 Å². The van der Waals surface area contributed by atoms with E-state index in [1.165, 1.54) is 0 Å². The van der Waals surface area contributed by atoms with E-state index in [2.05, 4.69) is 16.0 Å². The summed E-state index contributed by atoms with van der Waals surface area (Å²) in [6.07, 6.45) is 7.69. The zero-order valence-electron chi connectivity index (χ0n) is 22.7. The smallest absolute Gasteiger partial charge is 0.255 e. The molecule has 0 saturated carbocycles. The van der Waals surface area contributed by atoms with Gasteiger partial charge < -0.3 is 16.0 Å². The number of benzene rings is 3. The number of aryl methyl sites for hydroxylation is 2. The first kappa shape index (κ1) is 27.0. The van der Waals surface area contributed by atoms with Crippen LogP contribution in [0.25, 0.3) is 11.1 Å². The van der Waals surface area contributed by atoms with Gasteiger partial charge in [-0.1, -0.05) is 12.1 Å². The first-order chi connectivity index (χ1) is 19.8. The first-order valence-electron chi connectivity index (χ1n) is 13.0. The summed E-state index contributed by atoms with van der Waals surface area (Å²) in [4.78, 5) is 38.0. The van der Waals surface area contributed by atoms with Crippen LogP contribution in [0.5, 0.6) is 0 Å². The second-order valence-electron chi connectivity index (χ2n) is 9.61. The Morgan fingerprint density at radius 3 is 1.37 bits per heavy atom.